The summed E-state index contributed by atoms with van der Waals surface area (Å²) in [6.45, 7) is 5.73. The van der Waals surface area contributed by atoms with Gasteiger partial charge in [-0.25, -0.2) is 0 Å². The number of rotatable bonds is 4. The molecule has 0 aliphatic heterocycles. The highest BCUT2D eigenvalue weighted by atomic mass is 16.5. The van der Waals surface area contributed by atoms with Crippen LogP contribution in [0.4, 0.5) is 0 Å². The van der Waals surface area contributed by atoms with E-state index in [1.165, 1.54) is 0 Å². The van der Waals surface area contributed by atoms with E-state index in [4.69, 9.17) is 4.74 Å². The lowest BCUT2D eigenvalue weighted by molar-refractivity contribution is -0.146. The highest BCUT2D eigenvalue weighted by Crippen LogP contribution is 1.94. The maximum absolute atomic E-state index is 10.9. The molecule has 0 unspecified atom stereocenters. The molecule has 0 saturated carbocycles. The minimum atomic E-state index is -0.148. The van der Waals surface area contributed by atoms with Crippen LogP contribution in [0.5, 0.6) is 0 Å². The van der Waals surface area contributed by atoms with Crippen molar-refractivity contribution in [2.45, 2.75) is 39.7 Å². The average Bonchev–Trinajstić information content (AvgIpc) is 1.86. The fourth-order valence-corrected chi connectivity index (χ4v) is 0.657. The van der Waals surface area contributed by atoms with Crippen molar-refractivity contribution in [3.63, 3.8) is 0 Å². The Kier molecular flexibility index (Phi) is 5.53. The molecule has 0 heterocycles. The van der Waals surface area contributed by atoms with Gasteiger partial charge in [0.05, 0.1) is 12.5 Å². The smallest absolute Gasteiger partial charge is 0.309 e. The topological polar surface area (TPSA) is 26.3 Å². The van der Waals surface area contributed by atoms with Crippen LogP contribution in [-0.4, -0.2) is 12.1 Å². The van der Waals surface area contributed by atoms with Gasteiger partial charge in [-0.2, -0.15) is 0 Å². The molecule has 0 aliphatic rings. The summed E-state index contributed by atoms with van der Waals surface area (Å²) < 4.78 is 4.91. The highest BCUT2D eigenvalue weighted by Gasteiger charge is 2.00. The first-order valence-electron chi connectivity index (χ1n) is 4.01. The molecule has 0 aromatic heterocycles. The summed E-state index contributed by atoms with van der Waals surface area (Å²) in [6.07, 6.45) is 5.16. The fraction of sp³-hybridized carbons (Fsp3) is 0.667. The Labute approximate surface area is 68.2 Å². The van der Waals surface area contributed by atoms with E-state index >= 15 is 0 Å². The zero-order valence-electron chi connectivity index (χ0n) is 7.46. The molecular formula is C9H16O2. The van der Waals surface area contributed by atoms with Crippen LogP contribution in [0, 0.1) is 0 Å². The van der Waals surface area contributed by atoms with E-state index < -0.39 is 0 Å². The van der Waals surface area contributed by atoms with Crippen molar-refractivity contribution in [3.05, 3.63) is 12.2 Å². The van der Waals surface area contributed by atoms with Crippen LogP contribution >= 0.6 is 0 Å². The van der Waals surface area contributed by atoms with Crippen molar-refractivity contribution in [2.24, 2.45) is 0 Å². The monoisotopic (exact) mass is 156 g/mol. The molecule has 0 spiro atoms. The summed E-state index contributed by atoms with van der Waals surface area (Å²) in [5.74, 6) is -0.148. The van der Waals surface area contributed by atoms with Gasteiger partial charge in [-0.05, 0) is 20.3 Å². The van der Waals surface area contributed by atoms with Crippen molar-refractivity contribution < 1.29 is 9.53 Å². The number of carbonyl (C=O) groups excluding carboxylic acids is 1. The fourth-order valence-electron chi connectivity index (χ4n) is 0.657. The van der Waals surface area contributed by atoms with Crippen LogP contribution in [-0.2, 0) is 9.53 Å². The molecule has 0 atom stereocenters. The third-order valence-electron chi connectivity index (χ3n) is 1.05. The van der Waals surface area contributed by atoms with Gasteiger partial charge in [0.15, 0.2) is 0 Å². The van der Waals surface area contributed by atoms with Crippen LogP contribution in [0.1, 0.15) is 33.6 Å². The zero-order valence-corrected chi connectivity index (χ0v) is 7.46. The average molecular weight is 156 g/mol. The first-order valence-corrected chi connectivity index (χ1v) is 4.01. The van der Waals surface area contributed by atoms with Crippen LogP contribution in [0.15, 0.2) is 12.2 Å². The maximum Gasteiger partial charge on any atom is 0.309 e. The Morgan fingerprint density at radius 1 is 1.45 bits per heavy atom. The quantitative estimate of drug-likeness (QED) is 0.461. The van der Waals surface area contributed by atoms with Gasteiger partial charge in [0.1, 0.15) is 0 Å². The Morgan fingerprint density at radius 2 is 2.09 bits per heavy atom. The summed E-state index contributed by atoms with van der Waals surface area (Å²) in [7, 11) is 0. The second-order valence-corrected chi connectivity index (χ2v) is 2.62. The first-order chi connectivity index (χ1) is 5.16. The molecule has 0 N–H and O–H groups in total. The normalized spacial score (nSPS) is 10.9. The van der Waals surface area contributed by atoms with Gasteiger partial charge in [0, 0.05) is 0 Å². The van der Waals surface area contributed by atoms with E-state index in [1.54, 1.807) is 0 Å². The molecule has 64 valence electrons. The van der Waals surface area contributed by atoms with Crippen LogP contribution in [0.25, 0.3) is 0 Å². The van der Waals surface area contributed by atoms with Crippen LogP contribution in [0.3, 0.4) is 0 Å². The molecule has 2 heteroatoms. The van der Waals surface area contributed by atoms with Gasteiger partial charge in [-0.1, -0.05) is 19.1 Å². The highest BCUT2D eigenvalue weighted by molar-refractivity contribution is 5.71. The number of hydrogen-bond donors (Lipinski definition) is 0. The predicted octanol–water partition coefficient (Wildman–Crippen LogP) is 2.29. The Bertz CT molecular complexity index is 136. The maximum atomic E-state index is 10.9. The van der Waals surface area contributed by atoms with Gasteiger partial charge in [0.2, 0.25) is 0 Å². The molecule has 0 aromatic rings. The predicted molar refractivity (Wildman–Crippen MR) is 45.3 cm³/mol. The van der Waals surface area contributed by atoms with Gasteiger partial charge >= 0.3 is 5.97 Å². The van der Waals surface area contributed by atoms with Gasteiger partial charge in [0.25, 0.3) is 0 Å². The molecule has 0 fully saturated rings. The molecule has 11 heavy (non-hydrogen) atoms. The Hall–Kier alpha value is -0.790. The van der Waals surface area contributed by atoms with Crippen molar-refractivity contribution in [1.29, 1.82) is 0 Å². The van der Waals surface area contributed by atoms with Gasteiger partial charge in [-0.15, -0.1) is 0 Å². The summed E-state index contributed by atoms with van der Waals surface area (Å²) in [5.41, 5.74) is 0. The SMILES string of the molecule is CC/C=C\CC(=O)OC(C)C. The minimum absolute atomic E-state index is 0.00229. The lowest BCUT2D eigenvalue weighted by Gasteiger charge is -2.04. The van der Waals surface area contributed by atoms with E-state index in [0.29, 0.717) is 6.42 Å². The molecule has 0 rings (SSSR count). The third kappa shape index (κ3) is 7.10. The molecule has 0 bridgehead atoms. The van der Waals surface area contributed by atoms with E-state index in [1.807, 2.05) is 32.9 Å². The number of esters is 1. The van der Waals surface area contributed by atoms with E-state index in [9.17, 15) is 4.79 Å². The van der Waals surface area contributed by atoms with E-state index in [-0.39, 0.29) is 12.1 Å². The number of ether oxygens (including phenoxy) is 1. The lowest BCUT2D eigenvalue weighted by atomic mass is 10.3. The Balaban J connectivity index is 3.45. The molecule has 0 aliphatic carbocycles. The summed E-state index contributed by atoms with van der Waals surface area (Å²) in [5, 5.41) is 0. The molecule has 0 aromatic carbocycles. The van der Waals surface area contributed by atoms with Gasteiger partial charge in [-0.3, -0.25) is 4.79 Å². The van der Waals surface area contributed by atoms with Crippen molar-refractivity contribution >= 4 is 5.97 Å². The number of carbonyl (C=O) groups is 1. The minimum Gasteiger partial charge on any atom is -0.463 e. The van der Waals surface area contributed by atoms with E-state index in [2.05, 4.69) is 0 Å². The van der Waals surface area contributed by atoms with E-state index in [0.717, 1.165) is 6.42 Å². The lowest BCUT2D eigenvalue weighted by Crippen LogP contribution is -2.09. The first kappa shape index (κ1) is 10.2. The zero-order chi connectivity index (χ0) is 8.69. The number of allylic oxidation sites excluding steroid dienone is 1. The van der Waals surface area contributed by atoms with Crippen LogP contribution < -0.4 is 0 Å². The Morgan fingerprint density at radius 3 is 2.55 bits per heavy atom. The molecule has 2 nitrogen and oxygen atoms in total. The summed E-state index contributed by atoms with van der Waals surface area (Å²) >= 11 is 0. The molecular weight excluding hydrogens is 140 g/mol. The third-order valence-corrected chi connectivity index (χ3v) is 1.05. The summed E-state index contributed by atoms with van der Waals surface area (Å²) in [6, 6.07) is 0. The second-order valence-electron chi connectivity index (χ2n) is 2.62. The van der Waals surface area contributed by atoms with Crippen LogP contribution in [0.2, 0.25) is 0 Å². The van der Waals surface area contributed by atoms with Crippen molar-refractivity contribution in [2.75, 3.05) is 0 Å². The standard InChI is InChI=1S/C9H16O2/c1-4-5-6-7-9(10)11-8(2)3/h5-6,8H,4,7H2,1-3H3/b6-5-. The number of hydrogen-bond acceptors (Lipinski definition) is 2. The van der Waals surface area contributed by atoms with Crippen molar-refractivity contribution in [1.82, 2.24) is 0 Å². The molecule has 0 radical (unpaired) electrons. The largest absolute Gasteiger partial charge is 0.463 e. The van der Waals surface area contributed by atoms with Gasteiger partial charge < -0.3 is 4.74 Å². The molecule has 0 saturated heterocycles. The summed E-state index contributed by atoms with van der Waals surface area (Å²) in [4.78, 5) is 10.9. The second kappa shape index (κ2) is 5.96. The molecule has 0 amide bonds. The van der Waals surface area contributed by atoms with Crippen molar-refractivity contribution in [3.8, 4) is 0 Å².